The van der Waals surface area contributed by atoms with E-state index in [9.17, 15) is 20.1 Å². The third-order valence-electron chi connectivity index (χ3n) is 20.1. The number of aliphatic hydroxyl groups is 3. The minimum absolute atomic E-state index is 0.0187. The number of carbonyl (C=O) groups excluding carboxylic acids is 1. The van der Waals surface area contributed by atoms with Crippen LogP contribution in [-0.4, -0.2) is 203 Å². The van der Waals surface area contributed by atoms with E-state index in [0.29, 0.717) is 38.0 Å². The number of methoxy groups -OCH3 is 4. The lowest BCUT2D eigenvalue weighted by molar-refractivity contribution is -0.351. The molecule has 3 saturated carbocycles. The summed E-state index contributed by atoms with van der Waals surface area (Å²) in [6, 6.07) is 0. The van der Waals surface area contributed by atoms with Crippen LogP contribution in [0, 0.1) is 28.6 Å². The van der Waals surface area contributed by atoms with Gasteiger partial charge in [-0.3, -0.25) is 4.79 Å². The molecule has 0 unspecified atom stereocenters. The van der Waals surface area contributed by atoms with Crippen LogP contribution in [0.5, 0.6) is 0 Å². The van der Waals surface area contributed by atoms with Gasteiger partial charge in [-0.25, -0.2) is 0 Å². The second kappa shape index (κ2) is 22.7. The van der Waals surface area contributed by atoms with Gasteiger partial charge in [-0.05, 0) is 98.3 Å². The zero-order valence-corrected chi connectivity index (χ0v) is 46.4. The van der Waals surface area contributed by atoms with Crippen molar-refractivity contribution in [3.8, 4) is 0 Å². The number of fused-ring (bicyclic) bond motifs is 5. The summed E-state index contributed by atoms with van der Waals surface area (Å²) in [6.07, 6.45) is -4.75. The number of Topliss-reactive ketones (excluding diaryl/α,β-unsaturated/α-hetero) is 1. The summed E-state index contributed by atoms with van der Waals surface area (Å²) in [5.74, 6) is -0.287. The van der Waals surface area contributed by atoms with Crippen LogP contribution in [0.1, 0.15) is 132 Å². The molecule has 7 heterocycles. The maximum atomic E-state index is 13.5. The summed E-state index contributed by atoms with van der Waals surface area (Å²) in [4.78, 5) is 13.5. The Kier molecular flexibility index (Phi) is 17.3. The Hall–Kier alpha value is -1.09. The molecule has 7 aliphatic heterocycles. The first-order valence-electron chi connectivity index (χ1n) is 28.3. The van der Waals surface area contributed by atoms with Gasteiger partial charge >= 0.3 is 0 Å². The van der Waals surface area contributed by atoms with Crippen LogP contribution in [-0.2, 0) is 80.6 Å². The number of hydrogen-bond donors (Lipinski definition) is 3. The molecular weight excluding hydrogens is 981 g/mol. The van der Waals surface area contributed by atoms with E-state index in [1.165, 1.54) is 0 Å². The Labute approximate surface area is 443 Å². The van der Waals surface area contributed by atoms with Crippen molar-refractivity contribution in [1.29, 1.82) is 0 Å². The van der Waals surface area contributed by atoms with Gasteiger partial charge in [-0.2, -0.15) is 0 Å². The molecule has 75 heavy (non-hydrogen) atoms. The molecule has 30 atom stereocenters. The monoisotopic (exact) mass is 1070 g/mol. The second-order valence-corrected chi connectivity index (χ2v) is 24.4. The van der Waals surface area contributed by atoms with Gasteiger partial charge in [-0.1, -0.05) is 6.92 Å². The highest BCUT2D eigenvalue weighted by Crippen LogP contribution is 2.67. The summed E-state index contributed by atoms with van der Waals surface area (Å²) >= 11 is 0. The lowest BCUT2D eigenvalue weighted by Crippen LogP contribution is -2.58. The Morgan fingerprint density at radius 2 is 0.960 bits per heavy atom. The standard InChI is InChI=1S/C55H90O20/c1-25-33-18-35(57)52(59)54(33,8)41-24-40-53(7)15-14-32(17-31(53)13-16-55(40,74-25)75-41)69-43-21-37(61-10)50(28(4)66-43)72-46-23-39(63-12)51(30(6)68-46)73-45-22-38(62-11)49(29(5)67-45)71-42-19-34(56)48(27(3)65-42)70-44-20-36(60-9)47(58)26(2)64-44/h25-51,56-58H,13-24H2,1-12H3/t25-,26+,27+,28+,29+,30+,31-,32-,33-,34-,35-,36+,37+,38+,39-,40+,41+,42-,43-,44-,45-,46-,47+,48+,49+,50+,51+,53-,54-,55-/m0/s1. The third-order valence-corrected chi connectivity index (χ3v) is 20.1. The van der Waals surface area contributed by atoms with Crippen molar-refractivity contribution in [2.75, 3.05) is 28.4 Å². The SMILES string of the molecule is CO[C@H]1C[C@H](O[C@@H]2[C@@H](C)O[C@@H](O[C@H]3CC[C@@]4(C)[C@@H](CC[C@@]56O[C@@H](C)[C@@H]7C[C@H](O)C(=O)[C@]7(C)[C@@H](C[C@@H]54)O6)C3)C[C@H]2OC)O[C@H](C)[C@H]1O[C@H]1C[C@@H](OC)[C@H](O[C@H]2C[C@H](O)[C@H](O[C@H]3C[C@@H](OC)[C@H](O)[C@@H](C)O3)[C@@H](C)O2)[C@@H](C)O1. The van der Waals surface area contributed by atoms with Crippen LogP contribution in [0.25, 0.3) is 0 Å². The normalized spacial score (nSPS) is 55.2. The number of rotatable bonds is 14. The molecule has 10 fully saturated rings. The van der Waals surface area contributed by atoms with Crippen molar-refractivity contribution >= 4 is 5.78 Å². The lowest BCUT2D eigenvalue weighted by Gasteiger charge is -2.57. The van der Waals surface area contributed by atoms with E-state index in [-0.39, 0.29) is 66.1 Å². The average molecular weight is 1070 g/mol. The van der Waals surface area contributed by atoms with E-state index in [0.717, 1.165) is 38.5 Å². The third kappa shape index (κ3) is 10.7. The number of carbonyl (C=O) groups is 1. The Morgan fingerprint density at radius 3 is 1.48 bits per heavy atom. The van der Waals surface area contributed by atoms with E-state index >= 15 is 0 Å². The fraction of sp³-hybridized carbons (Fsp3) is 0.982. The fourth-order valence-electron chi connectivity index (χ4n) is 15.8. The molecule has 0 amide bonds. The maximum absolute atomic E-state index is 13.5. The summed E-state index contributed by atoms with van der Waals surface area (Å²) in [6.45, 7) is 15.9. The molecule has 0 radical (unpaired) electrons. The quantitative estimate of drug-likeness (QED) is 0.204. The molecule has 2 bridgehead atoms. The highest BCUT2D eigenvalue weighted by atomic mass is 16.8. The van der Waals surface area contributed by atoms with Crippen LogP contribution in [0.4, 0.5) is 0 Å². The molecule has 0 aromatic carbocycles. The Bertz CT molecular complexity index is 1920. The van der Waals surface area contributed by atoms with Crippen LogP contribution in [0.3, 0.4) is 0 Å². The predicted molar refractivity (Wildman–Crippen MR) is 262 cm³/mol. The number of aliphatic hydroxyl groups excluding tert-OH is 3. The maximum Gasteiger partial charge on any atom is 0.172 e. The lowest BCUT2D eigenvalue weighted by atomic mass is 9.52. The van der Waals surface area contributed by atoms with Gasteiger partial charge in [-0.15, -0.1) is 0 Å². The van der Waals surface area contributed by atoms with Crippen molar-refractivity contribution < 1.29 is 95.9 Å². The van der Waals surface area contributed by atoms with Gasteiger partial charge in [0.1, 0.15) is 36.6 Å². The second-order valence-electron chi connectivity index (χ2n) is 24.4. The van der Waals surface area contributed by atoms with E-state index in [4.69, 9.17) is 75.8 Å². The minimum Gasteiger partial charge on any atom is -0.390 e. The van der Waals surface area contributed by atoms with E-state index in [2.05, 4.69) is 13.8 Å². The fourth-order valence-corrected chi connectivity index (χ4v) is 15.8. The van der Waals surface area contributed by atoms with E-state index in [1.54, 1.807) is 35.4 Å². The molecule has 10 rings (SSSR count). The molecule has 10 aliphatic rings. The van der Waals surface area contributed by atoms with Crippen molar-refractivity contribution in [3.05, 3.63) is 0 Å². The van der Waals surface area contributed by atoms with Gasteiger partial charge in [0.15, 0.2) is 43.0 Å². The van der Waals surface area contributed by atoms with Gasteiger partial charge in [0.25, 0.3) is 0 Å². The molecule has 0 aromatic heterocycles. The Morgan fingerprint density at radius 1 is 0.493 bits per heavy atom. The highest BCUT2D eigenvalue weighted by molar-refractivity contribution is 5.91. The molecule has 20 heteroatoms. The van der Waals surface area contributed by atoms with Crippen LogP contribution in [0.15, 0.2) is 0 Å². The molecule has 3 N–H and O–H groups in total. The van der Waals surface area contributed by atoms with Crippen molar-refractivity contribution in [2.45, 2.75) is 286 Å². The molecule has 430 valence electrons. The minimum atomic E-state index is -0.955. The molecule has 1 spiro atoms. The van der Waals surface area contributed by atoms with Gasteiger partial charge in [0.2, 0.25) is 0 Å². The van der Waals surface area contributed by atoms with Gasteiger partial charge in [0, 0.05) is 78.8 Å². The largest absolute Gasteiger partial charge is 0.390 e. The van der Waals surface area contributed by atoms with E-state index in [1.807, 2.05) is 34.6 Å². The smallest absolute Gasteiger partial charge is 0.172 e. The van der Waals surface area contributed by atoms with Gasteiger partial charge in [0.05, 0.1) is 84.8 Å². The Balaban J connectivity index is 0.688. The molecule has 3 aliphatic carbocycles. The first-order valence-corrected chi connectivity index (χ1v) is 28.3. The summed E-state index contributed by atoms with van der Waals surface area (Å²) in [7, 11) is 6.53. The molecule has 7 saturated heterocycles. The first kappa shape index (κ1) is 57.2. The zero-order valence-electron chi connectivity index (χ0n) is 46.4. The molecule has 20 nitrogen and oxygen atoms in total. The molecular formula is C55H90O20. The highest BCUT2D eigenvalue weighted by Gasteiger charge is 2.71. The predicted octanol–water partition coefficient (Wildman–Crippen LogP) is 4.45. The van der Waals surface area contributed by atoms with Crippen molar-refractivity contribution in [1.82, 2.24) is 0 Å². The van der Waals surface area contributed by atoms with E-state index < -0.39 is 122 Å². The van der Waals surface area contributed by atoms with Crippen LogP contribution in [0.2, 0.25) is 0 Å². The first-order chi connectivity index (χ1) is 35.7. The summed E-state index contributed by atoms with van der Waals surface area (Å²) < 4.78 is 102. The van der Waals surface area contributed by atoms with Crippen molar-refractivity contribution in [3.63, 3.8) is 0 Å². The van der Waals surface area contributed by atoms with Crippen molar-refractivity contribution in [2.24, 2.45) is 28.6 Å². The number of ketones is 1. The summed E-state index contributed by atoms with van der Waals surface area (Å²) in [5.41, 5.74) is -0.786. The molecule has 0 aromatic rings. The summed E-state index contributed by atoms with van der Waals surface area (Å²) in [5, 5.41) is 32.3. The van der Waals surface area contributed by atoms with Crippen LogP contribution < -0.4 is 0 Å². The number of ether oxygens (including phenoxy) is 16. The topological polar surface area (TPSA) is 225 Å². The van der Waals surface area contributed by atoms with Gasteiger partial charge < -0.3 is 91.1 Å². The zero-order chi connectivity index (χ0) is 53.5. The number of hydrogen-bond acceptors (Lipinski definition) is 20. The average Bonchev–Trinajstić information content (AvgIpc) is 3.92. The van der Waals surface area contributed by atoms with Crippen LogP contribution >= 0.6 is 0 Å².